The molecule has 1 amide bonds. The number of imidazole rings is 1. The van der Waals surface area contributed by atoms with E-state index in [1.54, 1.807) is 19.1 Å². The molecule has 0 saturated heterocycles. The highest BCUT2D eigenvalue weighted by Gasteiger charge is 2.13. The summed E-state index contributed by atoms with van der Waals surface area (Å²) in [4.78, 5) is 21.6. The van der Waals surface area contributed by atoms with Gasteiger partial charge in [0.1, 0.15) is 11.6 Å². The van der Waals surface area contributed by atoms with Crippen molar-refractivity contribution < 1.29 is 9.18 Å². The number of carbonyl (C=O) groups is 1. The molecule has 0 bridgehead atoms. The second kappa shape index (κ2) is 6.79. The highest BCUT2D eigenvalue weighted by Crippen LogP contribution is 2.20. The van der Waals surface area contributed by atoms with Gasteiger partial charge in [-0.15, -0.1) is 0 Å². The van der Waals surface area contributed by atoms with Crippen molar-refractivity contribution in [3.8, 4) is 0 Å². The fraction of sp³-hybridized carbons (Fsp3) is 0.190. The molecule has 0 atom stereocenters. The molecule has 2 heterocycles. The average Bonchev–Trinajstić information content (AvgIpc) is 2.96. The standard InChI is InChI=1S/C21H19FN4O/c1-13-11-17(16-8-7-15(22)12-19(16)24-13)21(27)23-9-10-26-14(2)25-18-5-3-4-6-20(18)26/h3-8,11-12H,9-10H2,1-2H3,(H,23,27). The van der Waals surface area contributed by atoms with Crippen molar-refractivity contribution in [2.45, 2.75) is 20.4 Å². The number of aromatic nitrogens is 3. The molecule has 4 aromatic rings. The molecule has 0 spiro atoms. The van der Waals surface area contributed by atoms with Crippen LogP contribution in [0.25, 0.3) is 21.9 Å². The van der Waals surface area contributed by atoms with Crippen LogP contribution in [0, 0.1) is 19.7 Å². The monoisotopic (exact) mass is 362 g/mol. The van der Waals surface area contributed by atoms with E-state index in [1.807, 2.05) is 31.2 Å². The lowest BCUT2D eigenvalue weighted by atomic mass is 10.1. The van der Waals surface area contributed by atoms with Crippen LogP contribution in [-0.2, 0) is 6.54 Å². The first-order valence-electron chi connectivity index (χ1n) is 8.80. The number of aryl methyl sites for hydroxylation is 2. The van der Waals surface area contributed by atoms with E-state index in [0.717, 1.165) is 16.9 Å². The van der Waals surface area contributed by atoms with Gasteiger partial charge in [0, 0.05) is 30.2 Å². The summed E-state index contributed by atoms with van der Waals surface area (Å²) in [6, 6.07) is 13.9. The van der Waals surface area contributed by atoms with E-state index in [4.69, 9.17) is 0 Å². The second-order valence-electron chi connectivity index (χ2n) is 6.53. The van der Waals surface area contributed by atoms with Crippen LogP contribution in [0.15, 0.2) is 48.5 Å². The van der Waals surface area contributed by atoms with Gasteiger partial charge in [-0.2, -0.15) is 0 Å². The molecular formula is C21H19FN4O. The van der Waals surface area contributed by atoms with Crippen molar-refractivity contribution in [3.63, 3.8) is 0 Å². The Labute approximate surface area is 155 Å². The van der Waals surface area contributed by atoms with Crippen LogP contribution in [0.2, 0.25) is 0 Å². The number of hydrogen-bond acceptors (Lipinski definition) is 3. The van der Waals surface area contributed by atoms with Crippen LogP contribution < -0.4 is 5.32 Å². The number of hydrogen-bond donors (Lipinski definition) is 1. The Morgan fingerprint density at radius 2 is 1.89 bits per heavy atom. The van der Waals surface area contributed by atoms with Gasteiger partial charge in [0.05, 0.1) is 22.1 Å². The van der Waals surface area contributed by atoms with Gasteiger partial charge < -0.3 is 9.88 Å². The third kappa shape index (κ3) is 3.26. The molecule has 0 fully saturated rings. The number of nitrogens with zero attached hydrogens (tertiary/aromatic N) is 3. The molecule has 1 N–H and O–H groups in total. The first kappa shape index (κ1) is 17.1. The largest absolute Gasteiger partial charge is 0.350 e. The lowest BCUT2D eigenvalue weighted by molar-refractivity contribution is 0.0954. The van der Waals surface area contributed by atoms with E-state index in [-0.39, 0.29) is 11.7 Å². The molecule has 27 heavy (non-hydrogen) atoms. The number of rotatable bonds is 4. The van der Waals surface area contributed by atoms with Crippen molar-refractivity contribution >= 4 is 27.8 Å². The Morgan fingerprint density at radius 1 is 1.07 bits per heavy atom. The summed E-state index contributed by atoms with van der Waals surface area (Å²) in [6.07, 6.45) is 0. The highest BCUT2D eigenvalue weighted by atomic mass is 19.1. The Morgan fingerprint density at radius 3 is 2.74 bits per heavy atom. The Balaban J connectivity index is 1.55. The van der Waals surface area contributed by atoms with Gasteiger partial charge in [0.2, 0.25) is 0 Å². The van der Waals surface area contributed by atoms with Crippen LogP contribution >= 0.6 is 0 Å². The minimum Gasteiger partial charge on any atom is -0.350 e. The summed E-state index contributed by atoms with van der Waals surface area (Å²) in [7, 11) is 0. The highest BCUT2D eigenvalue weighted by molar-refractivity contribution is 6.06. The quantitative estimate of drug-likeness (QED) is 0.601. The van der Waals surface area contributed by atoms with E-state index in [9.17, 15) is 9.18 Å². The molecule has 2 aromatic heterocycles. The maximum absolute atomic E-state index is 13.5. The van der Waals surface area contributed by atoms with Crippen LogP contribution in [0.4, 0.5) is 4.39 Å². The predicted molar refractivity (Wildman–Crippen MR) is 103 cm³/mol. The maximum Gasteiger partial charge on any atom is 0.252 e. The fourth-order valence-corrected chi connectivity index (χ4v) is 3.38. The molecule has 0 saturated carbocycles. The molecule has 4 rings (SSSR count). The average molecular weight is 362 g/mol. The third-order valence-electron chi connectivity index (χ3n) is 4.61. The predicted octanol–water partition coefficient (Wildman–Crippen LogP) is 3.77. The van der Waals surface area contributed by atoms with Crippen LogP contribution in [0.1, 0.15) is 21.9 Å². The molecule has 5 nitrogen and oxygen atoms in total. The fourth-order valence-electron chi connectivity index (χ4n) is 3.38. The smallest absolute Gasteiger partial charge is 0.252 e. The number of fused-ring (bicyclic) bond motifs is 2. The molecule has 6 heteroatoms. The van der Waals surface area contributed by atoms with Gasteiger partial charge in [-0.05, 0) is 44.2 Å². The number of para-hydroxylation sites is 2. The minimum atomic E-state index is -0.366. The zero-order valence-corrected chi connectivity index (χ0v) is 15.2. The molecule has 136 valence electrons. The summed E-state index contributed by atoms with van der Waals surface area (Å²) < 4.78 is 15.6. The van der Waals surface area contributed by atoms with Gasteiger partial charge in [0.25, 0.3) is 5.91 Å². The van der Waals surface area contributed by atoms with Crippen molar-refractivity contribution in [1.82, 2.24) is 19.9 Å². The molecule has 0 aliphatic rings. The van der Waals surface area contributed by atoms with Crippen LogP contribution in [0.3, 0.4) is 0 Å². The lowest BCUT2D eigenvalue weighted by Gasteiger charge is -2.11. The Kier molecular flexibility index (Phi) is 4.32. The third-order valence-corrected chi connectivity index (χ3v) is 4.61. The Bertz CT molecular complexity index is 1160. The number of halogens is 1. The van der Waals surface area contributed by atoms with E-state index in [2.05, 4.69) is 19.9 Å². The molecule has 0 unspecified atom stereocenters. The minimum absolute atomic E-state index is 0.195. The maximum atomic E-state index is 13.5. The number of pyridine rings is 1. The molecule has 0 aliphatic heterocycles. The summed E-state index contributed by atoms with van der Waals surface area (Å²) in [5.74, 6) is 0.347. The van der Waals surface area contributed by atoms with Crippen LogP contribution in [0.5, 0.6) is 0 Å². The van der Waals surface area contributed by atoms with E-state index in [0.29, 0.717) is 35.2 Å². The first-order valence-corrected chi connectivity index (χ1v) is 8.80. The van der Waals surface area contributed by atoms with Crippen molar-refractivity contribution in [1.29, 1.82) is 0 Å². The number of nitrogens with one attached hydrogen (secondary N) is 1. The van der Waals surface area contributed by atoms with Gasteiger partial charge in [0.15, 0.2) is 0 Å². The van der Waals surface area contributed by atoms with Crippen molar-refractivity contribution in [3.05, 3.63) is 71.4 Å². The molecule has 0 radical (unpaired) electrons. The number of carbonyl (C=O) groups excluding carboxylic acids is 1. The zero-order chi connectivity index (χ0) is 19.0. The lowest BCUT2D eigenvalue weighted by Crippen LogP contribution is -2.27. The SMILES string of the molecule is Cc1cc(C(=O)NCCn2c(C)nc3ccccc32)c2ccc(F)cc2n1. The van der Waals surface area contributed by atoms with Crippen molar-refractivity contribution in [2.24, 2.45) is 0 Å². The summed E-state index contributed by atoms with van der Waals surface area (Å²) in [6.45, 7) is 4.83. The van der Waals surface area contributed by atoms with Gasteiger partial charge >= 0.3 is 0 Å². The normalized spacial score (nSPS) is 11.2. The van der Waals surface area contributed by atoms with Gasteiger partial charge in [-0.1, -0.05) is 12.1 Å². The van der Waals surface area contributed by atoms with E-state index >= 15 is 0 Å². The second-order valence-corrected chi connectivity index (χ2v) is 6.53. The van der Waals surface area contributed by atoms with E-state index < -0.39 is 0 Å². The van der Waals surface area contributed by atoms with Crippen molar-refractivity contribution in [2.75, 3.05) is 6.54 Å². The number of benzene rings is 2. The summed E-state index contributed by atoms with van der Waals surface area (Å²) in [5, 5.41) is 3.60. The first-order chi connectivity index (χ1) is 13.0. The van der Waals surface area contributed by atoms with E-state index in [1.165, 1.54) is 12.1 Å². The molecular weight excluding hydrogens is 343 g/mol. The molecule has 0 aliphatic carbocycles. The topological polar surface area (TPSA) is 59.8 Å². The number of amides is 1. The zero-order valence-electron chi connectivity index (χ0n) is 15.2. The van der Waals surface area contributed by atoms with Crippen LogP contribution in [-0.4, -0.2) is 27.0 Å². The molecule has 2 aromatic carbocycles. The van der Waals surface area contributed by atoms with Gasteiger partial charge in [-0.3, -0.25) is 9.78 Å². The summed E-state index contributed by atoms with van der Waals surface area (Å²) >= 11 is 0. The van der Waals surface area contributed by atoms with Gasteiger partial charge in [-0.25, -0.2) is 9.37 Å². The Hall–Kier alpha value is -3.28. The summed E-state index contributed by atoms with van der Waals surface area (Å²) in [5.41, 5.74) is 3.65.